The second-order valence-electron chi connectivity index (χ2n) is 6.85. The van der Waals surface area contributed by atoms with Crippen LogP contribution < -0.4 is 10.6 Å². The van der Waals surface area contributed by atoms with Crippen molar-refractivity contribution in [1.29, 1.82) is 0 Å². The van der Waals surface area contributed by atoms with Gasteiger partial charge in [-0.3, -0.25) is 14.6 Å². The van der Waals surface area contributed by atoms with E-state index in [-0.39, 0.29) is 0 Å². The number of aryl methyl sites for hydroxylation is 2. The summed E-state index contributed by atoms with van der Waals surface area (Å²) in [6.07, 6.45) is 2.60. The Morgan fingerprint density at radius 3 is 2.65 bits per heavy atom. The van der Waals surface area contributed by atoms with Gasteiger partial charge in [0.25, 0.3) is 0 Å². The lowest BCUT2D eigenvalue weighted by Gasteiger charge is -2.27. The molecule has 3 heterocycles. The van der Waals surface area contributed by atoms with Crippen molar-refractivity contribution in [3.8, 4) is 0 Å². The lowest BCUT2D eigenvalue weighted by atomic mass is 10.2. The van der Waals surface area contributed by atoms with E-state index in [1.165, 1.54) is 42.1 Å². The van der Waals surface area contributed by atoms with Gasteiger partial charge in [0.1, 0.15) is 0 Å². The molecule has 0 aromatic carbocycles. The van der Waals surface area contributed by atoms with Crippen LogP contribution in [0.2, 0.25) is 0 Å². The van der Waals surface area contributed by atoms with Gasteiger partial charge in [-0.1, -0.05) is 6.07 Å². The van der Waals surface area contributed by atoms with E-state index >= 15 is 0 Å². The van der Waals surface area contributed by atoms with Crippen LogP contribution in [0.25, 0.3) is 0 Å². The molecule has 1 saturated heterocycles. The van der Waals surface area contributed by atoms with Crippen LogP contribution >= 0.6 is 11.3 Å². The van der Waals surface area contributed by atoms with Crippen LogP contribution in [0.15, 0.2) is 22.5 Å². The van der Waals surface area contributed by atoms with Crippen LogP contribution in [-0.2, 0) is 13.6 Å². The number of likely N-dealkylation sites (tertiary alicyclic amines) is 1. The Balaban J connectivity index is 1.60. The fourth-order valence-corrected chi connectivity index (χ4v) is 4.46. The molecule has 3 rings (SSSR count). The van der Waals surface area contributed by atoms with Gasteiger partial charge in [0.2, 0.25) is 0 Å². The smallest absolute Gasteiger partial charge is 0.191 e. The summed E-state index contributed by atoms with van der Waals surface area (Å²) in [5, 5.41) is 13.6. The largest absolute Gasteiger partial charge is 0.354 e. The first kappa shape index (κ1) is 18.9. The third kappa shape index (κ3) is 4.27. The first-order chi connectivity index (χ1) is 12.6. The van der Waals surface area contributed by atoms with Crippen LogP contribution in [0.5, 0.6) is 0 Å². The van der Waals surface area contributed by atoms with Crippen molar-refractivity contribution in [1.82, 2.24) is 25.3 Å². The molecular weight excluding hydrogens is 344 g/mol. The fourth-order valence-electron chi connectivity index (χ4n) is 3.60. The van der Waals surface area contributed by atoms with E-state index in [1.54, 1.807) is 0 Å². The van der Waals surface area contributed by atoms with E-state index in [2.05, 4.69) is 57.0 Å². The number of aliphatic imine (C=N–C) groups is 1. The van der Waals surface area contributed by atoms with Gasteiger partial charge in [-0.25, -0.2) is 0 Å². The lowest BCUT2D eigenvalue weighted by molar-refractivity contribution is 0.249. The Morgan fingerprint density at radius 1 is 1.31 bits per heavy atom. The van der Waals surface area contributed by atoms with Crippen molar-refractivity contribution >= 4 is 17.3 Å². The highest BCUT2D eigenvalue weighted by Gasteiger charge is 2.24. The second-order valence-corrected chi connectivity index (χ2v) is 7.83. The Kier molecular flexibility index (Phi) is 6.32. The maximum Gasteiger partial charge on any atom is 0.191 e. The lowest BCUT2D eigenvalue weighted by Crippen LogP contribution is -2.42. The van der Waals surface area contributed by atoms with Gasteiger partial charge in [0, 0.05) is 43.3 Å². The predicted molar refractivity (Wildman–Crippen MR) is 109 cm³/mol. The van der Waals surface area contributed by atoms with Crippen LogP contribution in [-0.4, -0.2) is 47.3 Å². The Labute approximate surface area is 160 Å². The van der Waals surface area contributed by atoms with Gasteiger partial charge in [-0.15, -0.1) is 11.3 Å². The zero-order chi connectivity index (χ0) is 18.5. The number of aromatic nitrogens is 2. The monoisotopic (exact) mass is 374 g/mol. The summed E-state index contributed by atoms with van der Waals surface area (Å²) < 4.78 is 1.93. The molecule has 2 aromatic rings. The van der Waals surface area contributed by atoms with E-state index in [1.807, 2.05) is 30.1 Å². The van der Waals surface area contributed by atoms with E-state index < -0.39 is 0 Å². The molecule has 1 unspecified atom stereocenters. The van der Waals surface area contributed by atoms with Crippen molar-refractivity contribution in [2.24, 2.45) is 12.0 Å². The molecule has 0 spiro atoms. The number of guanidine groups is 1. The molecule has 0 saturated carbocycles. The molecule has 2 aromatic heterocycles. The average molecular weight is 375 g/mol. The average Bonchev–Trinajstić information content (AvgIpc) is 3.37. The minimum atomic E-state index is 0.415. The first-order valence-corrected chi connectivity index (χ1v) is 10.2. The highest BCUT2D eigenvalue weighted by atomic mass is 32.1. The number of hydrogen-bond acceptors (Lipinski definition) is 4. The van der Waals surface area contributed by atoms with Gasteiger partial charge in [0.15, 0.2) is 5.96 Å². The first-order valence-electron chi connectivity index (χ1n) is 9.31. The fraction of sp³-hybridized carbons (Fsp3) is 0.579. The molecule has 0 amide bonds. The zero-order valence-electron chi connectivity index (χ0n) is 16.2. The van der Waals surface area contributed by atoms with Crippen LogP contribution in [0.3, 0.4) is 0 Å². The molecule has 0 bridgehead atoms. The second kappa shape index (κ2) is 8.68. The summed E-state index contributed by atoms with van der Waals surface area (Å²) in [5.41, 5.74) is 3.50. The minimum Gasteiger partial charge on any atom is -0.354 e. The number of nitrogens with one attached hydrogen (secondary N) is 2. The van der Waals surface area contributed by atoms with Crippen molar-refractivity contribution in [2.45, 2.75) is 39.3 Å². The highest BCUT2D eigenvalue weighted by Crippen LogP contribution is 2.27. The van der Waals surface area contributed by atoms with Gasteiger partial charge in [-0.2, -0.15) is 5.10 Å². The summed E-state index contributed by atoms with van der Waals surface area (Å²) >= 11 is 1.84. The molecule has 0 radical (unpaired) electrons. The normalized spacial score (nSPS) is 16.8. The Hall–Kier alpha value is -1.86. The molecule has 7 heteroatoms. The molecule has 1 atom stereocenters. The van der Waals surface area contributed by atoms with E-state index in [0.717, 1.165) is 24.7 Å². The molecule has 142 valence electrons. The summed E-state index contributed by atoms with van der Waals surface area (Å²) in [6, 6.07) is 4.80. The SMILES string of the molecule is CN=C(NCc1c(C)nn(C)c1C)NCC(c1cccs1)N1CCCC1. The molecule has 1 aliphatic heterocycles. The summed E-state index contributed by atoms with van der Waals surface area (Å²) in [4.78, 5) is 8.41. The van der Waals surface area contributed by atoms with Crippen LogP contribution in [0.1, 0.15) is 40.7 Å². The quantitative estimate of drug-likeness (QED) is 0.603. The molecular formula is C19H30N6S. The highest BCUT2D eigenvalue weighted by molar-refractivity contribution is 7.10. The van der Waals surface area contributed by atoms with Crippen LogP contribution in [0.4, 0.5) is 0 Å². The van der Waals surface area contributed by atoms with E-state index in [4.69, 9.17) is 0 Å². The standard InChI is InChI=1S/C19H30N6S/c1-14-16(15(2)24(4)23-14)12-21-19(20-3)22-13-17(18-8-7-11-26-18)25-9-5-6-10-25/h7-8,11,17H,5-6,9-10,12-13H2,1-4H3,(H2,20,21,22). The molecule has 2 N–H and O–H groups in total. The maximum atomic E-state index is 4.49. The van der Waals surface area contributed by atoms with Gasteiger partial charge in [0.05, 0.1) is 11.7 Å². The molecule has 1 fully saturated rings. The van der Waals surface area contributed by atoms with E-state index in [0.29, 0.717) is 6.04 Å². The number of nitrogens with zero attached hydrogens (tertiary/aromatic N) is 4. The topological polar surface area (TPSA) is 57.5 Å². The van der Waals surface area contributed by atoms with Crippen molar-refractivity contribution < 1.29 is 0 Å². The molecule has 26 heavy (non-hydrogen) atoms. The zero-order valence-corrected chi connectivity index (χ0v) is 17.1. The third-order valence-electron chi connectivity index (χ3n) is 5.23. The van der Waals surface area contributed by atoms with Crippen molar-refractivity contribution in [3.63, 3.8) is 0 Å². The molecule has 1 aliphatic rings. The van der Waals surface area contributed by atoms with Gasteiger partial charge < -0.3 is 10.6 Å². The van der Waals surface area contributed by atoms with Gasteiger partial charge >= 0.3 is 0 Å². The Morgan fingerprint density at radius 2 is 2.08 bits per heavy atom. The summed E-state index contributed by atoms with van der Waals surface area (Å²) in [7, 11) is 3.81. The van der Waals surface area contributed by atoms with Crippen LogP contribution in [0, 0.1) is 13.8 Å². The number of rotatable bonds is 6. The third-order valence-corrected chi connectivity index (χ3v) is 6.20. The van der Waals surface area contributed by atoms with Crippen molar-refractivity contribution in [3.05, 3.63) is 39.3 Å². The summed E-state index contributed by atoms with van der Waals surface area (Å²) in [5.74, 6) is 0.841. The molecule has 6 nitrogen and oxygen atoms in total. The summed E-state index contributed by atoms with van der Waals surface area (Å²) in [6.45, 7) is 8.13. The van der Waals surface area contributed by atoms with Gasteiger partial charge in [-0.05, 0) is 51.2 Å². The predicted octanol–water partition coefficient (Wildman–Crippen LogP) is 2.60. The maximum absolute atomic E-state index is 4.49. The van der Waals surface area contributed by atoms with E-state index in [9.17, 15) is 0 Å². The Bertz CT molecular complexity index is 728. The number of hydrogen-bond donors (Lipinski definition) is 2. The van der Waals surface area contributed by atoms with Crippen molar-refractivity contribution in [2.75, 3.05) is 26.7 Å². The minimum absolute atomic E-state index is 0.415. The molecule has 0 aliphatic carbocycles. The number of thiophene rings is 1.